The average molecular weight is 353 g/mol. The second-order valence-electron chi connectivity index (χ2n) is 5.17. The molecule has 0 bridgehead atoms. The van der Waals surface area contributed by atoms with E-state index in [0.717, 1.165) is 0 Å². The standard InChI is InChI=1S/C15H15NO5S2/c1-21-11-6-8-12(9-7-11)23(19,20)16-14-10-22(17,18)15-5-3-2-4-13(14)15/h2-9,14,16H,10H2,1H3/t14-/m1/s1. The van der Waals surface area contributed by atoms with Crippen molar-refractivity contribution >= 4 is 19.9 Å². The predicted molar refractivity (Wildman–Crippen MR) is 84.6 cm³/mol. The summed E-state index contributed by atoms with van der Waals surface area (Å²) in [6, 6.07) is 11.5. The van der Waals surface area contributed by atoms with Crippen molar-refractivity contribution in [2.24, 2.45) is 0 Å². The molecule has 0 unspecified atom stereocenters. The number of methoxy groups -OCH3 is 1. The first-order chi connectivity index (χ1) is 10.8. The summed E-state index contributed by atoms with van der Waals surface area (Å²) in [4.78, 5) is 0.238. The molecule has 0 saturated heterocycles. The first-order valence-electron chi connectivity index (χ1n) is 6.81. The minimum atomic E-state index is -3.83. The number of benzene rings is 2. The molecule has 0 radical (unpaired) electrons. The van der Waals surface area contributed by atoms with E-state index in [1.54, 1.807) is 18.2 Å². The Kier molecular flexibility index (Phi) is 3.91. The van der Waals surface area contributed by atoms with Gasteiger partial charge in [0.05, 0.1) is 28.7 Å². The maximum atomic E-state index is 12.5. The van der Waals surface area contributed by atoms with Crippen LogP contribution in [0.3, 0.4) is 0 Å². The van der Waals surface area contributed by atoms with Crippen molar-refractivity contribution < 1.29 is 21.6 Å². The topological polar surface area (TPSA) is 89.5 Å². The predicted octanol–water partition coefficient (Wildman–Crippen LogP) is 1.50. The number of ether oxygens (including phenoxy) is 1. The molecule has 0 fully saturated rings. The van der Waals surface area contributed by atoms with Crippen LogP contribution in [0.1, 0.15) is 11.6 Å². The number of fused-ring (bicyclic) bond motifs is 1. The normalized spacial score (nSPS) is 19.3. The average Bonchev–Trinajstić information content (AvgIpc) is 2.78. The minimum absolute atomic E-state index is 0.0556. The summed E-state index contributed by atoms with van der Waals surface area (Å²) in [5.41, 5.74) is 0.476. The molecular weight excluding hydrogens is 338 g/mol. The number of sulfonamides is 1. The van der Waals surface area contributed by atoms with Crippen LogP contribution in [0.5, 0.6) is 5.75 Å². The van der Waals surface area contributed by atoms with Crippen molar-refractivity contribution in [2.45, 2.75) is 15.8 Å². The molecule has 23 heavy (non-hydrogen) atoms. The van der Waals surface area contributed by atoms with Gasteiger partial charge in [-0.05, 0) is 35.9 Å². The lowest BCUT2D eigenvalue weighted by molar-refractivity contribution is 0.414. The molecule has 3 rings (SSSR count). The van der Waals surface area contributed by atoms with Crippen LogP contribution in [0.15, 0.2) is 58.3 Å². The SMILES string of the molecule is COc1ccc(S(=O)(=O)N[C@@H]2CS(=O)(=O)c3ccccc32)cc1. The van der Waals surface area contributed by atoms with Crippen molar-refractivity contribution in [3.63, 3.8) is 0 Å². The van der Waals surface area contributed by atoms with Gasteiger partial charge in [0.15, 0.2) is 9.84 Å². The van der Waals surface area contributed by atoms with E-state index in [0.29, 0.717) is 11.3 Å². The van der Waals surface area contributed by atoms with Crippen molar-refractivity contribution in [1.82, 2.24) is 4.72 Å². The molecule has 6 nitrogen and oxygen atoms in total. The molecule has 1 aliphatic heterocycles. The Hall–Kier alpha value is -1.90. The third-order valence-corrected chi connectivity index (χ3v) is 6.98. The Labute approximate surface area is 135 Å². The van der Waals surface area contributed by atoms with Crippen LogP contribution in [0.25, 0.3) is 0 Å². The van der Waals surface area contributed by atoms with E-state index in [1.165, 1.54) is 37.4 Å². The third kappa shape index (κ3) is 2.97. The molecule has 0 aromatic heterocycles. The summed E-state index contributed by atoms with van der Waals surface area (Å²) in [6.45, 7) is 0. The van der Waals surface area contributed by atoms with Crippen LogP contribution in [-0.4, -0.2) is 29.7 Å². The lowest BCUT2D eigenvalue weighted by Crippen LogP contribution is -2.29. The smallest absolute Gasteiger partial charge is 0.241 e. The lowest BCUT2D eigenvalue weighted by Gasteiger charge is -2.13. The Morgan fingerprint density at radius 1 is 1.09 bits per heavy atom. The van der Waals surface area contributed by atoms with Gasteiger partial charge < -0.3 is 4.74 Å². The minimum Gasteiger partial charge on any atom is -0.497 e. The van der Waals surface area contributed by atoms with Gasteiger partial charge in [-0.2, -0.15) is 0 Å². The zero-order valence-electron chi connectivity index (χ0n) is 12.3. The third-order valence-electron chi connectivity index (χ3n) is 3.68. The number of hydrogen-bond donors (Lipinski definition) is 1. The molecule has 1 N–H and O–H groups in total. The van der Waals surface area contributed by atoms with Crippen LogP contribution < -0.4 is 9.46 Å². The van der Waals surface area contributed by atoms with Crippen molar-refractivity contribution in [2.75, 3.05) is 12.9 Å². The zero-order valence-corrected chi connectivity index (χ0v) is 13.9. The molecule has 0 saturated carbocycles. The van der Waals surface area contributed by atoms with Crippen molar-refractivity contribution in [3.05, 3.63) is 54.1 Å². The van der Waals surface area contributed by atoms with E-state index in [1.807, 2.05) is 0 Å². The zero-order chi connectivity index (χ0) is 16.7. The molecule has 122 valence electrons. The molecule has 1 atom stereocenters. The van der Waals surface area contributed by atoms with Gasteiger partial charge in [-0.3, -0.25) is 0 Å². The Balaban J connectivity index is 1.92. The molecule has 1 aliphatic rings. The van der Waals surface area contributed by atoms with Gasteiger partial charge in [0, 0.05) is 0 Å². The van der Waals surface area contributed by atoms with Crippen molar-refractivity contribution in [3.8, 4) is 5.75 Å². The number of hydrogen-bond acceptors (Lipinski definition) is 5. The molecule has 0 aliphatic carbocycles. The summed E-state index contributed by atoms with van der Waals surface area (Å²) in [7, 11) is -5.81. The molecule has 2 aromatic carbocycles. The highest BCUT2D eigenvalue weighted by Crippen LogP contribution is 2.34. The summed E-state index contributed by atoms with van der Waals surface area (Å²) in [5, 5.41) is 0. The number of sulfone groups is 1. The summed E-state index contributed by atoms with van der Waals surface area (Å²) >= 11 is 0. The van der Waals surface area contributed by atoms with Crippen LogP contribution in [0.2, 0.25) is 0 Å². The first kappa shape index (κ1) is 16.0. The Morgan fingerprint density at radius 2 is 1.74 bits per heavy atom. The number of nitrogens with one attached hydrogen (secondary N) is 1. The lowest BCUT2D eigenvalue weighted by atomic mass is 10.1. The second kappa shape index (κ2) is 5.63. The highest BCUT2D eigenvalue weighted by atomic mass is 32.2. The van der Waals surface area contributed by atoms with E-state index in [2.05, 4.69) is 4.72 Å². The van der Waals surface area contributed by atoms with Gasteiger partial charge in [0.1, 0.15) is 5.75 Å². The largest absolute Gasteiger partial charge is 0.497 e. The van der Waals surface area contributed by atoms with Crippen LogP contribution in [0.4, 0.5) is 0 Å². The van der Waals surface area contributed by atoms with Gasteiger partial charge in [-0.15, -0.1) is 0 Å². The van der Waals surface area contributed by atoms with E-state index >= 15 is 0 Å². The van der Waals surface area contributed by atoms with E-state index in [-0.39, 0.29) is 15.5 Å². The number of rotatable bonds is 4. The van der Waals surface area contributed by atoms with Crippen LogP contribution >= 0.6 is 0 Å². The fraction of sp³-hybridized carbons (Fsp3) is 0.200. The molecule has 0 spiro atoms. The van der Waals surface area contributed by atoms with Gasteiger partial charge >= 0.3 is 0 Å². The Bertz CT molecular complexity index is 934. The van der Waals surface area contributed by atoms with E-state index in [4.69, 9.17) is 4.74 Å². The maximum absolute atomic E-state index is 12.5. The highest BCUT2D eigenvalue weighted by molar-refractivity contribution is 7.92. The van der Waals surface area contributed by atoms with Crippen LogP contribution in [0, 0.1) is 0 Å². The van der Waals surface area contributed by atoms with E-state index < -0.39 is 25.9 Å². The van der Waals surface area contributed by atoms with Gasteiger partial charge in [0.2, 0.25) is 10.0 Å². The fourth-order valence-corrected chi connectivity index (χ4v) is 5.62. The maximum Gasteiger partial charge on any atom is 0.241 e. The van der Waals surface area contributed by atoms with E-state index in [9.17, 15) is 16.8 Å². The summed E-state index contributed by atoms with van der Waals surface area (Å²) in [5.74, 6) is 0.264. The summed E-state index contributed by atoms with van der Waals surface area (Å²) in [6.07, 6.45) is 0. The monoisotopic (exact) mass is 353 g/mol. The first-order valence-corrected chi connectivity index (χ1v) is 9.95. The van der Waals surface area contributed by atoms with Crippen LogP contribution in [-0.2, 0) is 19.9 Å². The molecular formula is C15H15NO5S2. The fourth-order valence-electron chi connectivity index (χ4n) is 2.56. The van der Waals surface area contributed by atoms with Gasteiger partial charge in [-0.25, -0.2) is 21.6 Å². The second-order valence-corrected chi connectivity index (χ2v) is 8.89. The molecule has 1 heterocycles. The molecule has 8 heteroatoms. The summed E-state index contributed by atoms with van der Waals surface area (Å²) < 4.78 is 56.6. The quantitative estimate of drug-likeness (QED) is 0.900. The van der Waals surface area contributed by atoms with Gasteiger partial charge in [0.25, 0.3) is 0 Å². The van der Waals surface area contributed by atoms with Crippen molar-refractivity contribution in [1.29, 1.82) is 0 Å². The van der Waals surface area contributed by atoms with Gasteiger partial charge in [-0.1, -0.05) is 18.2 Å². The highest BCUT2D eigenvalue weighted by Gasteiger charge is 2.36. The Morgan fingerprint density at radius 3 is 2.39 bits per heavy atom. The molecule has 0 amide bonds. The molecule has 2 aromatic rings.